The first-order chi connectivity index (χ1) is 10.8. The minimum absolute atomic E-state index is 0.0130. The third kappa shape index (κ3) is 3.85. The Morgan fingerprint density at radius 2 is 1.74 bits per heavy atom. The van der Waals surface area contributed by atoms with Crippen LogP contribution in [0.25, 0.3) is 0 Å². The van der Waals surface area contributed by atoms with Gasteiger partial charge < -0.3 is 15.1 Å². The summed E-state index contributed by atoms with van der Waals surface area (Å²) in [6, 6.07) is 1.37. The van der Waals surface area contributed by atoms with Crippen LogP contribution >= 0.6 is 0 Å². The van der Waals surface area contributed by atoms with Crippen LogP contribution in [0.5, 0.6) is 0 Å². The molecule has 0 bridgehead atoms. The lowest BCUT2D eigenvalue weighted by Crippen LogP contribution is -2.29. The normalized spacial score (nSPS) is 11.4. The van der Waals surface area contributed by atoms with Gasteiger partial charge in [-0.3, -0.25) is 0 Å². The maximum Gasteiger partial charge on any atom is 0.352 e. The second-order valence-electron chi connectivity index (χ2n) is 4.79. The van der Waals surface area contributed by atoms with E-state index in [2.05, 4.69) is 0 Å². The van der Waals surface area contributed by atoms with E-state index in [9.17, 15) is 23.5 Å². The topological polar surface area (TPSA) is 77.8 Å². The van der Waals surface area contributed by atoms with Gasteiger partial charge in [0.2, 0.25) is 0 Å². The van der Waals surface area contributed by atoms with E-state index in [0.717, 1.165) is 4.90 Å². The summed E-state index contributed by atoms with van der Waals surface area (Å²) in [7, 11) is 0. The van der Waals surface area contributed by atoms with Gasteiger partial charge in [-0.25, -0.2) is 18.4 Å². The van der Waals surface area contributed by atoms with Crippen LogP contribution in [-0.4, -0.2) is 28.7 Å². The minimum atomic E-state index is -1.46. The lowest BCUT2D eigenvalue weighted by Gasteiger charge is -2.27. The fourth-order valence-electron chi connectivity index (χ4n) is 2.38. The fourth-order valence-corrected chi connectivity index (χ4v) is 2.38. The number of hydrogen-bond acceptors (Lipinski definition) is 3. The number of aryl methyl sites for hydroxylation is 1. The Hall–Kier alpha value is -2.44. The molecule has 0 spiro atoms. The van der Waals surface area contributed by atoms with Gasteiger partial charge in [0.15, 0.2) is 11.6 Å². The molecule has 1 rings (SSSR count). The van der Waals surface area contributed by atoms with Crippen molar-refractivity contribution in [3.8, 4) is 0 Å². The van der Waals surface area contributed by atoms with Gasteiger partial charge in [-0.15, -0.1) is 0 Å². The first-order valence-electron chi connectivity index (χ1n) is 7.23. The molecule has 0 heterocycles. The molecule has 0 amide bonds. The Morgan fingerprint density at radius 1 is 1.13 bits per heavy atom. The predicted octanol–water partition coefficient (Wildman–Crippen LogP) is 2.97. The van der Waals surface area contributed by atoms with E-state index in [1.165, 1.54) is 6.07 Å². The summed E-state index contributed by atoms with van der Waals surface area (Å²) in [5.74, 6) is -4.88. The van der Waals surface area contributed by atoms with E-state index < -0.39 is 29.3 Å². The number of carboxylic acids is 2. The van der Waals surface area contributed by atoms with Crippen molar-refractivity contribution in [3.05, 3.63) is 40.6 Å². The van der Waals surface area contributed by atoms with Gasteiger partial charge in [-0.05, 0) is 31.4 Å². The number of carboxylic acid groups (broad SMARTS) is 2. The summed E-state index contributed by atoms with van der Waals surface area (Å²) < 4.78 is 28.2. The highest BCUT2D eigenvalue weighted by Gasteiger charge is 2.25. The van der Waals surface area contributed by atoms with Crippen molar-refractivity contribution in [2.75, 3.05) is 11.4 Å². The van der Waals surface area contributed by atoms with Crippen molar-refractivity contribution in [1.82, 2.24) is 0 Å². The van der Waals surface area contributed by atoms with Crippen LogP contribution in [0.15, 0.2) is 17.8 Å². The zero-order valence-corrected chi connectivity index (χ0v) is 13.2. The van der Waals surface area contributed by atoms with Crippen molar-refractivity contribution in [1.29, 1.82) is 0 Å². The van der Waals surface area contributed by atoms with Crippen molar-refractivity contribution >= 4 is 17.6 Å². The molecule has 0 atom stereocenters. The number of rotatable bonds is 7. The highest BCUT2D eigenvalue weighted by atomic mass is 19.2. The number of hydrogen-bond donors (Lipinski definition) is 2. The van der Waals surface area contributed by atoms with E-state index in [4.69, 9.17) is 5.11 Å². The Morgan fingerprint density at radius 3 is 2.13 bits per heavy atom. The van der Waals surface area contributed by atoms with E-state index >= 15 is 0 Å². The van der Waals surface area contributed by atoms with Gasteiger partial charge in [0.25, 0.3) is 0 Å². The second kappa shape index (κ2) is 7.71. The second-order valence-corrected chi connectivity index (χ2v) is 4.79. The molecule has 0 radical (unpaired) electrons. The first-order valence-corrected chi connectivity index (χ1v) is 7.23. The van der Waals surface area contributed by atoms with Crippen molar-refractivity contribution < 1.29 is 28.6 Å². The molecular weight excluding hydrogens is 308 g/mol. The molecule has 0 aliphatic heterocycles. The fraction of sp³-hybridized carbons (Fsp3) is 0.375. The molecule has 0 aliphatic carbocycles. The molecule has 0 unspecified atom stereocenters. The van der Waals surface area contributed by atoms with Gasteiger partial charge in [0.05, 0.1) is 6.08 Å². The number of aliphatic carboxylic acids is 2. The Balaban J connectivity index is 3.66. The molecule has 1 aromatic rings. The lowest BCUT2D eigenvalue weighted by atomic mass is 10.0. The lowest BCUT2D eigenvalue weighted by molar-refractivity contribution is -0.135. The molecule has 0 saturated heterocycles. The Bertz CT molecular complexity index is 656. The van der Waals surface area contributed by atoms with Gasteiger partial charge in [-0.1, -0.05) is 13.8 Å². The van der Waals surface area contributed by atoms with Crippen molar-refractivity contribution in [2.24, 2.45) is 0 Å². The number of carbonyl (C=O) groups is 2. The zero-order valence-electron chi connectivity index (χ0n) is 13.2. The van der Waals surface area contributed by atoms with Crippen LogP contribution in [0.1, 0.15) is 31.9 Å². The largest absolute Gasteiger partial charge is 0.478 e. The smallest absolute Gasteiger partial charge is 0.352 e. The van der Waals surface area contributed by atoms with Crippen LogP contribution in [0.4, 0.5) is 14.5 Å². The van der Waals surface area contributed by atoms with Crippen LogP contribution < -0.4 is 4.90 Å². The molecule has 1 aromatic carbocycles. The number of halogens is 2. The molecule has 0 aliphatic rings. The third-order valence-electron chi connectivity index (χ3n) is 3.47. The molecule has 126 valence electrons. The predicted molar refractivity (Wildman–Crippen MR) is 81.5 cm³/mol. The molecule has 0 saturated carbocycles. The molecule has 0 fully saturated rings. The quantitative estimate of drug-likeness (QED) is 0.753. The van der Waals surface area contributed by atoms with E-state index in [-0.39, 0.29) is 36.2 Å². The maximum atomic E-state index is 14.2. The number of nitrogens with zero attached hydrogens (tertiary/aromatic N) is 1. The zero-order chi connectivity index (χ0) is 17.7. The summed E-state index contributed by atoms with van der Waals surface area (Å²) in [5, 5.41) is 18.1. The van der Waals surface area contributed by atoms with Crippen LogP contribution in [0.2, 0.25) is 0 Å². The average molecular weight is 327 g/mol. The number of benzene rings is 1. The van der Waals surface area contributed by atoms with Crippen LogP contribution in [0, 0.1) is 11.6 Å². The maximum absolute atomic E-state index is 14.2. The molecule has 7 heteroatoms. The van der Waals surface area contributed by atoms with E-state index in [1.807, 2.05) is 0 Å². The van der Waals surface area contributed by atoms with E-state index in [0.29, 0.717) is 6.08 Å². The monoisotopic (exact) mass is 327 g/mol. The highest BCUT2D eigenvalue weighted by molar-refractivity contribution is 5.98. The SMILES string of the molecule is CCc1cc(N(CC)/C(=C\C(=O)O)C(=O)O)c(CC)c(F)c1F. The summed E-state index contributed by atoms with van der Waals surface area (Å²) in [4.78, 5) is 23.4. The molecule has 2 N–H and O–H groups in total. The van der Waals surface area contributed by atoms with E-state index in [1.54, 1.807) is 20.8 Å². The van der Waals surface area contributed by atoms with Gasteiger partial charge in [-0.2, -0.15) is 0 Å². The molecule has 0 aromatic heterocycles. The summed E-state index contributed by atoms with van der Waals surface area (Å²) >= 11 is 0. The summed E-state index contributed by atoms with van der Waals surface area (Å²) in [5.41, 5.74) is -0.226. The minimum Gasteiger partial charge on any atom is -0.478 e. The highest BCUT2D eigenvalue weighted by Crippen LogP contribution is 2.31. The summed E-state index contributed by atoms with van der Waals surface area (Å²) in [6.45, 7) is 4.95. The third-order valence-corrected chi connectivity index (χ3v) is 3.47. The standard InChI is InChI=1S/C16H19F2NO4/c1-4-9-7-11(10(5-2)15(18)14(9)17)19(6-3)12(16(22)23)8-13(20)21/h7-8H,4-6H2,1-3H3,(H,20,21)(H,22,23)/b12-8-. The van der Waals surface area contributed by atoms with Gasteiger partial charge in [0, 0.05) is 17.8 Å². The molecule has 5 nitrogen and oxygen atoms in total. The molecular formula is C16H19F2NO4. The Kier molecular flexibility index (Phi) is 6.24. The number of anilines is 1. The van der Waals surface area contributed by atoms with Crippen molar-refractivity contribution in [2.45, 2.75) is 33.6 Å². The molecule has 23 heavy (non-hydrogen) atoms. The van der Waals surface area contributed by atoms with Gasteiger partial charge in [0.1, 0.15) is 5.70 Å². The van der Waals surface area contributed by atoms with Crippen molar-refractivity contribution in [3.63, 3.8) is 0 Å². The summed E-state index contributed by atoms with van der Waals surface area (Å²) in [6.07, 6.45) is 0.902. The average Bonchev–Trinajstić information content (AvgIpc) is 2.49. The van der Waals surface area contributed by atoms with Crippen LogP contribution in [0.3, 0.4) is 0 Å². The van der Waals surface area contributed by atoms with Crippen LogP contribution in [-0.2, 0) is 22.4 Å². The Labute approximate surface area is 132 Å². The van der Waals surface area contributed by atoms with Gasteiger partial charge >= 0.3 is 11.9 Å². The first kappa shape index (κ1) is 18.6. The number of likely N-dealkylation sites (N-methyl/N-ethyl adjacent to an activating group) is 1.